The Bertz CT molecular complexity index is 1480. The van der Waals surface area contributed by atoms with Crippen LogP contribution in [-0.4, -0.2) is 25.2 Å². The number of aromatic nitrogens is 3. The number of halogens is 3. The Labute approximate surface area is 178 Å². The van der Waals surface area contributed by atoms with Gasteiger partial charge in [0.1, 0.15) is 0 Å². The van der Waals surface area contributed by atoms with Crippen LogP contribution in [0.2, 0.25) is 0 Å². The van der Waals surface area contributed by atoms with E-state index in [1.165, 1.54) is 19.3 Å². The molecule has 0 aliphatic heterocycles. The molecule has 0 fully saturated rings. The Morgan fingerprint density at radius 3 is 2.50 bits per heavy atom. The number of carbonyl (C=O) groups is 1. The van der Waals surface area contributed by atoms with Crippen LogP contribution in [0.5, 0.6) is 0 Å². The Kier molecular flexibility index (Phi) is 5.08. The summed E-state index contributed by atoms with van der Waals surface area (Å²) in [7, 11) is 0. The van der Waals surface area contributed by atoms with Crippen molar-refractivity contribution in [3.63, 3.8) is 0 Å². The second-order valence-electron chi connectivity index (χ2n) is 7.38. The third-order valence-electron chi connectivity index (χ3n) is 5.24. The molecule has 32 heavy (non-hydrogen) atoms. The fourth-order valence-corrected chi connectivity index (χ4v) is 3.57. The molecule has 1 unspecified atom stereocenters. The SMILES string of the molecule is CC(Cn1c(=O)n(-c2cncc3ccccc23)c(=O)c2cc(C(F)(F)F)ccc21)C(=O)O. The molecule has 0 bridgehead atoms. The van der Waals surface area contributed by atoms with Gasteiger partial charge in [-0.15, -0.1) is 0 Å². The van der Waals surface area contributed by atoms with Gasteiger partial charge in [-0.2, -0.15) is 13.2 Å². The van der Waals surface area contributed by atoms with E-state index in [2.05, 4.69) is 4.98 Å². The quantitative estimate of drug-likeness (QED) is 0.522. The second-order valence-corrected chi connectivity index (χ2v) is 7.38. The van der Waals surface area contributed by atoms with Gasteiger partial charge >= 0.3 is 17.8 Å². The van der Waals surface area contributed by atoms with E-state index in [4.69, 9.17) is 0 Å². The largest absolute Gasteiger partial charge is 0.481 e. The molecule has 4 aromatic rings. The molecule has 164 valence electrons. The fraction of sp³-hybridized carbons (Fsp3) is 0.182. The smallest absolute Gasteiger partial charge is 0.416 e. The third kappa shape index (κ3) is 3.53. The highest BCUT2D eigenvalue weighted by atomic mass is 19.4. The fourth-order valence-electron chi connectivity index (χ4n) is 3.57. The van der Waals surface area contributed by atoms with Gasteiger partial charge in [-0.3, -0.25) is 19.1 Å². The number of nitrogens with zero attached hydrogens (tertiary/aromatic N) is 3. The van der Waals surface area contributed by atoms with Crippen LogP contribution in [0.3, 0.4) is 0 Å². The first-order chi connectivity index (χ1) is 15.1. The summed E-state index contributed by atoms with van der Waals surface area (Å²) in [4.78, 5) is 42.1. The number of benzene rings is 2. The van der Waals surface area contributed by atoms with Crippen LogP contribution < -0.4 is 11.2 Å². The summed E-state index contributed by atoms with van der Waals surface area (Å²) in [6.07, 6.45) is -1.91. The number of fused-ring (bicyclic) bond motifs is 2. The minimum atomic E-state index is -4.71. The lowest BCUT2D eigenvalue weighted by Gasteiger charge is -2.17. The van der Waals surface area contributed by atoms with Crippen LogP contribution in [0.4, 0.5) is 13.2 Å². The molecule has 0 aliphatic carbocycles. The van der Waals surface area contributed by atoms with E-state index in [-0.39, 0.29) is 23.1 Å². The van der Waals surface area contributed by atoms with Gasteiger partial charge in [-0.25, -0.2) is 9.36 Å². The molecule has 1 N–H and O–H groups in total. The lowest BCUT2D eigenvalue weighted by atomic mass is 10.1. The standard InChI is InChI=1S/C22H16F3N3O4/c1-12(20(30)31)11-27-17-7-6-14(22(23,24)25)8-16(17)19(29)28(21(27)32)18-10-26-9-13-4-2-3-5-15(13)18/h2-10,12H,11H2,1H3,(H,30,31). The van der Waals surface area contributed by atoms with Crippen molar-refractivity contribution in [1.29, 1.82) is 0 Å². The Morgan fingerprint density at radius 1 is 1.09 bits per heavy atom. The van der Waals surface area contributed by atoms with Gasteiger partial charge in [-0.1, -0.05) is 31.2 Å². The summed E-state index contributed by atoms with van der Waals surface area (Å²) in [6.45, 7) is 1.02. The number of hydrogen-bond donors (Lipinski definition) is 1. The maximum atomic E-state index is 13.4. The summed E-state index contributed by atoms with van der Waals surface area (Å²) >= 11 is 0. The van der Waals surface area contributed by atoms with Crippen LogP contribution in [0.15, 0.2) is 64.4 Å². The predicted molar refractivity (Wildman–Crippen MR) is 111 cm³/mol. The van der Waals surface area contributed by atoms with Crippen molar-refractivity contribution in [3.8, 4) is 5.69 Å². The maximum absolute atomic E-state index is 13.4. The van der Waals surface area contributed by atoms with Crippen LogP contribution in [0.25, 0.3) is 27.4 Å². The van der Waals surface area contributed by atoms with Crippen molar-refractivity contribution in [1.82, 2.24) is 14.1 Å². The first-order valence-electron chi connectivity index (χ1n) is 9.52. The molecule has 0 amide bonds. The zero-order valence-electron chi connectivity index (χ0n) is 16.6. The Morgan fingerprint density at radius 2 is 1.81 bits per heavy atom. The van der Waals surface area contributed by atoms with Gasteiger partial charge in [-0.05, 0) is 18.2 Å². The van der Waals surface area contributed by atoms with Gasteiger partial charge in [0.25, 0.3) is 5.56 Å². The summed E-state index contributed by atoms with van der Waals surface area (Å²) < 4.78 is 41.7. The summed E-state index contributed by atoms with van der Waals surface area (Å²) in [5.74, 6) is -2.23. The molecule has 10 heteroatoms. The molecule has 0 saturated carbocycles. The van der Waals surface area contributed by atoms with Crippen molar-refractivity contribution >= 4 is 27.6 Å². The molecule has 1 atom stereocenters. The number of carboxylic acids is 1. The predicted octanol–water partition coefficient (Wildman–Crippen LogP) is 3.44. The van der Waals surface area contributed by atoms with Crippen molar-refractivity contribution in [2.24, 2.45) is 5.92 Å². The number of aliphatic carboxylic acids is 1. The minimum Gasteiger partial charge on any atom is -0.481 e. The lowest BCUT2D eigenvalue weighted by Crippen LogP contribution is -2.40. The average molecular weight is 443 g/mol. The van der Waals surface area contributed by atoms with E-state index >= 15 is 0 Å². The van der Waals surface area contributed by atoms with Gasteiger partial charge in [0.15, 0.2) is 0 Å². The van der Waals surface area contributed by atoms with E-state index in [9.17, 15) is 32.7 Å². The van der Waals surface area contributed by atoms with Crippen molar-refractivity contribution < 1.29 is 23.1 Å². The lowest BCUT2D eigenvalue weighted by molar-refractivity contribution is -0.141. The summed E-state index contributed by atoms with van der Waals surface area (Å²) in [5.41, 5.74) is -2.86. The minimum absolute atomic E-state index is 0.0782. The number of carboxylic acid groups (broad SMARTS) is 1. The van der Waals surface area contributed by atoms with Crippen LogP contribution in [0, 0.1) is 5.92 Å². The molecule has 2 aromatic heterocycles. The highest BCUT2D eigenvalue weighted by Crippen LogP contribution is 2.31. The number of rotatable bonds is 4. The number of alkyl halides is 3. The first kappa shape index (κ1) is 21.3. The normalized spacial score (nSPS) is 12.9. The highest BCUT2D eigenvalue weighted by molar-refractivity contribution is 5.89. The molecule has 7 nitrogen and oxygen atoms in total. The Balaban J connectivity index is 2.14. The second kappa shape index (κ2) is 7.63. The molecule has 0 spiro atoms. The van der Waals surface area contributed by atoms with Gasteiger partial charge in [0.05, 0.1) is 34.3 Å². The topological polar surface area (TPSA) is 94.2 Å². The molecule has 0 aliphatic rings. The van der Waals surface area contributed by atoms with Crippen molar-refractivity contribution in [2.75, 3.05) is 0 Å². The average Bonchev–Trinajstić information content (AvgIpc) is 2.75. The monoisotopic (exact) mass is 443 g/mol. The molecular weight excluding hydrogens is 427 g/mol. The number of pyridine rings is 1. The molecular formula is C22H16F3N3O4. The highest BCUT2D eigenvalue weighted by Gasteiger charge is 2.31. The van der Waals surface area contributed by atoms with Gasteiger partial charge in [0, 0.05) is 23.5 Å². The van der Waals surface area contributed by atoms with E-state index in [0.717, 1.165) is 21.3 Å². The molecule has 2 heterocycles. The van der Waals surface area contributed by atoms with Crippen LogP contribution >= 0.6 is 0 Å². The van der Waals surface area contributed by atoms with E-state index in [0.29, 0.717) is 16.8 Å². The van der Waals surface area contributed by atoms with Crippen molar-refractivity contribution in [3.05, 3.63) is 81.3 Å². The number of hydrogen-bond acceptors (Lipinski definition) is 4. The van der Waals surface area contributed by atoms with E-state index < -0.39 is 34.9 Å². The van der Waals surface area contributed by atoms with E-state index in [1.807, 2.05) is 0 Å². The molecule has 2 aromatic carbocycles. The molecule has 4 rings (SSSR count). The van der Waals surface area contributed by atoms with Crippen LogP contribution in [0.1, 0.15) is 12.5 Å². The third-order valence-corrected chi connectivity index (χ3v) is 5.24. The zero-order valence-corrected chi connectivity index (χ0v) is 16.6. The first-order valence-corrected chi connectivity index (χ1v) is 9.52. The van der Waals surface area contributed by atoms with Gasteiger partial charge < -0.3 is 5.11 Å². The van der Waals surface area contributed by atoms with Crippen LogP contribution in [-0.2, 0) is 17.5 Å². The summed E-state index contributed by atoms with van der Waals surface area (Å²) in [6, 6.07) is 9.23. The molecule has 0 radical (unpaired) electrons. The summed E-state index contributed by atoms with van der Waals surface area (Å²) in [5, 5.41) is 10.0. The maximum Gasteiger partial charge on any atom is 0.416 e. The van der Waals surface area contributed by atoms with Gasteiger partial charge in [0.2, 0.25) is 0 Å². The Hall–Kier alpha value is -3.95. The zero-order chi connectivity index (χ0) is 23.2. The van der Waals surface area contributed by atoms with E-state index in [1.54, 1.807) is 24.3 Å². The van der Waals surface area contributed by atoms with Crippen molar-refractivity contribution in [2.45, 2.75) is 19.6 Å². The molecule has 0 saturated heterocycles.